The predicted octanol–water partition coefficient (Wildman–Crippen LogP) is 3.62. The average Bonchev–Trinajstić information content (AvgIpc) is 2.24. The molecule has 1 atom stereocenters. The Kier molecular flexibility index (Phi) is 5.54. The minimum absolute atomic E-state index is 0.635. The number of hydrogen-bond donors (Lipinski definition) is 1. The first-order valence-electron chi connectivity index (χ1n) is 6.46. The summed E-state index contributed by atoms with van der Waals surface area (Å²) in [4.78, 5) is 0. The summed E-state index contributed by atoms with van der Waals surface area (Å²) >= 11 is 0. The zero-order valence-electron chi connectivity index (χ0n) is 11.1. The van der Waals surface area contributed by atoms with E-state index in [-0.39, 0.29) is 0 Å². The summed E-state index contributed by atoms with van der Waals surface area (Å²) in [7, 11) is 0. The van der Waals surface area contributed by atoms with Crippen molar-refractivity contribution in [3.8, 4) is 0 Å². The van der Waals surface area contributed by atoms with Gasteiger partial charge in [-0.05, 0) is 44.4 Å². The van der Waals surface area contributed by atoms with Crippen LogP contribution >= 0.6 is 0 Å². The van der Waals surface area contributed by atoms with E-state index >= 15 is 0 Å². The molecule has 1 rings (SSSR count). The zero-order valence-corrected chi connectivity index (χ0v) is 11.1. The lowest BCUT2D eigenvalue weighted by atomic mass is 9.97. The molecular weight excluding hydrogens is 194 g/mol. The molecule has 0 aliphatic rings. The van der Waals surface area contributed by atoms with E-state index in [0.717, 1.165) is 13.0 Å². The number of benzene rings is 1. The van der Waals surface area contributed by atoms with E-state index in [1.54, 1.807) is 0 Å². The highest BCUT2D eigenvalue weighted by atomic mass is 14.9. The predicted molar refractivity (Wildman–Crippen MR) is 72.0 cm³/mol. The molecule has 0 amide bonds. The molecule has 16 heavy (non-hydrogen) atoms. The van der Waals surface area contributed by atoms with E-state index in [4.69, 9.17) is 0 Å². The van der Waals surface area contributed by atoms with Gasteiger partial charge in [0.15, 0.2) is 0 Å². The number of aryl methyl sites for hydroxylation is 2. The molecule has 0 bridgehead atoms. The van der Waals surface area contributed by atoms with Gasteiger partial charge in [0.1, 0.15) is 0 Å². The molecule has 90 valence electrons. The molecule has 0 aromatic heterocycles. The van der Waals surface area contributed by atoms with Crippen LogP contribution in [0.1, 0.15) is 43.4 Å². The maximum Gasteiger partial charge on any atom is 0.0107 e. The molecule has 0 fully saturated rings. The van der Waals surface area contributed by atoms with Crippen LogP contribution in [0.25, 0.3) is 0 Å². The lowest BCUT2D eigenvalue weighted by Gasteiger charge is -2.18. The second-order valence-electron chi connectivity index (χ2n) is 4.68. The smallest absolute Gasteiger partial charge is 0.0107 e. The van der Waals surface area contributed by atoms with Crippen LogP contribution in [0.5, 0.6) is 0 Å². The first-order valence-corrected chi connectivity index (χ1v) is 6.46. The summed E-state index contributed by atoms with van der Waals surface area (Å²) in [6, 6.07) is 7.39. The van der Waals surface area contributed by atoms with Crippen molar-refractivity contribution >= 4 is 0 Å². The van der Waals surface area contributed by atoms with E-state index < -0.39 is 0 Å². The van der Waals surface area contributed by atoms with Gasteiger partial charge in [0.05, 0.1) is 0 Å². The van der Waals surface area contributed by atoms with Crippen LogP contribution in [-0.2, 0) is 6.42 Å². The molecule has 0 radical (unpaired) electrons. The Morgan fingerprint density at radius 1 is 1.19 bits per heavy atom. The molecule has 0 aliphatic heterocycles. The monoisotopic (exact) mass is 219 g/mol. The van der Waals surface area contributed by atoms with Crippen molar-refractivity contribution in [1.29, 1.82) is 0 Å². The summed E-state index contributed by atoms with van der Waals surface area (Å²) in [6.07, 6.45) is 3.68. The SMILES string of the molecule is CCCC(Cc1cc(C)ccc1C)NCC. The van der Waals surface area contributed by atoms with Crippen LogP contribution in [0.2, 0.25) is 0 Å². The van der Waals surface area contributed by atoms with Gasteiger partial charge in [-0.2, -0.15) is 0 Å². The van der Waals surface area contributed by atoms with E-state index in [0.29, 0.717) is 6.04 Å². The van der Waals surface area contributed by atoms with Crippen molar-refractivity contribution in [1.82, 2.24) is 5.32 Å². The molecule has 0 spiro atoms. The summed E-state index contributed by atoms with van der Waals surface area (Å²) in [6.45, 7) is 9.89. The molecule has 1 nitrogen and oxygen atoms in total. The Balaban J connectivity index is 2.71. The molecule has 1 unspecified atom stereocenters. The molecule has 1 aromatic rings. The van der Waals surface area contributed by atoms with Gasteiger partial charge in [0.2, 0.25) is 0 Å². The quantitative estimate of drug-likeness (QED) is 0.770. The molecular formula is C15H25N. The van der Waals surface area contributed by atoms with Crippen molar-refractivity contribution in [2.45, 2.75) is 53.0 Å². The van der Waals surface area contributed by atoms with Gasteiger partial charge >= 0.3 is 0 Å². The summed E-state index contributed by atoms with van der Waals surface area (Å²) in [5.41, 5.74) is 4.29. The first-order chi connectivity index (χ1) is 7.67. The first kappa shape index (κ1) is 13.2. The largest absolute Gasteiger partial charge is 0.314 e. The molecule has 0 heterocycles. The fourth-order valence-electron chi connectivity index (χ4n) is 2.20. The maximum atomic E-state index is 3.58. The molecule has 0 saturated heterocycles. The van der Waals surface area contributed by atoms with Gasteiger partial charge in [-0.3, -0.25) is 0 Å². The third kappa shape index (κ3) is 3.97. The second-order valence-corrected chi connectivity index (χ2v) is 4.68. The highest BCUT2D eigenvalue weighted by molar-refractivity contribution is 5.31. The number of rotatable bonds is 6. The molecule has 0 saturated carbocycles. The number of hydrogen-bond acceptors (Lipinski definition) is 1. The van der Waals surface area contributed by atoms with E-state index in [2.05, 4.69) is 51.2 Å². The molecule has 1 N–H and O–H groups in total. The summed E-state index contributed by atoms with van der Waals surface area (Å²) < 4.78 is 0. The lowest BCUT2D eigenvalue weighted by molar-refractivity contribution is 0.485. The van der Waals surface area contributed by atoms with Crippen LogP contribution in [0, 0.1) is 13.8 Å². The minimum atomic E-state index is 0.635. The van der Waals surface area contributed by atoms with Crippen LogP contribution in [0.15, 0.2) is 18.2 Å². The van der Waals surface area contributed by atoms with Crippen molar-refractivity contribution in [2.75, 3.05) is 6.54 Å². The van der Waals surface area contributed by atoms with Crippen molar-refractivity contribution < 1.29 is 0 Å². The van der Waals surface area contributed by atoms with Gasteiger partial charge < -0.3 is 5.32 Å². The molecule has 0 aliphatic carbocycles. The van der Waals surface area contributed by atoms with Gasteiger partial charge in [0.25, 0.3) is 0 Å². The fraction of sp³-hybridized carbons (Fsp3) is 0.600. The van der Waals surface area contributed by atoms with E-state index in [1.165, 1.54) is 29.5 Å². The van der Waals surface area contributed by atoms with Gasteiger partial charge in [-0.25, -0.2) is 0 Å². The third-order valence-electron chi connectivity index (χ3n) is 3.10. The fourth-order valence-corrected chi connectivity index (χ4v) is 2.20. The van der Waals surface area contributed by atoms with Crippen molar-refractivity contribution in [2.24, 2.45) is 0 Å². The van der Waals surface area contributed by atoms with Crippen LogP contribution < -0.4 is 5.32 Å². The number of nitrogens with one attached hydrogen (secondary N) is 1. The third-order valence-corrected chi connectivity index (χ3v) is 3.10. The number of likely N-dealkylation sites (N-methyl/N-ethyl adjacent to an activating group) is 1. The van der Waals surface area contributed by atoms with Crippen molar-refractivity contribution in [3.63, 3.8) is 0 Å². The highest BCUT2D eigenvalue weighted by Gasteiger charge is 2.08. The van der Waals surface area contributed by atoms with Crippen molar-refractivity contribution in [3.05, 3.63) is 34.9 Å². The Hall–Kier alpha value is -0.820. The molecule has 1 heteroatoms. The maximum absolute atomic E-state index is 3.58. The average molecular weight is 219 g/mol. The van der Waals surface area contributed by atoms with Gasteiger partial charge in [-0.15, -0.1) is 0 Å². The zero-order chi connectivity index (χ0) is 12.0. The van der Waals surface area contributed by atoms with Crippen LogP contribution in [-0.4, -0.2) is 12.6 Å². The Bertz CT molecular complexity index is 311. The second kappa shape index (κ2) is 6.70. The topological polar surface area (TPSA) is 12.0 Å². The van der Waals surface area contributed by atoms with Crippen LogP contribution in [0.3, 0.4) is 0 Å². The summed E-state index contributed by atoms with van der Waals surface area (Å²) in [5.74, 6) is 0. The Morgan fingerprint density at radius 3 is 2.56 bits per heavy atom. The van der Waals surface area contributed by atoms with E-state index in [1.807, 2.05) is 0 Å². The standard InChI is InChI=1S/C15H25N/c1-5-7-15(16-6-2)11-14-10-12(3)8-9-13(14)4/h8-10,15-16H,5-7,11H2,1-4H3. The highest BCUT2D eigenvalue weighted by Crippen LogP contribution is 2.14. The summed E-state index contributed by atoms with van der Waals surface area (Å²) in [5, 5.41) is 3.58. The normalized spacial score (nSPS) is 12.8. The van der Waals surface area contributed by atoms with Gasteiger partial charge in [0, 0.05) is 6.04 Å². The Morgan fingerprint density at radius 2 is 1.94 bits per heavy atom. The van der Waals surface area contributed by atoms with Crippen LogP contribution in [0.4, 0.5) is 0 Å². The lowest BCUT2D eigenvalue weighted by Crippen LogP contribution is -2.31. The molecule has 1 aromatic carbocycles. The van der Waals surface area contributed by atoms with Gasteiger partial charge in [-0.1, -0.05) is 44.0 Å². The Labute approximate surface area is 100 Å². The minimum Gasteiger partial charge on any atom is -0.314 e. The van der Waals surface area contributed by atoms with E-state index in [9.17, 15) is 0 Å².